The Hall–Kier alpha value is -1.43. The fourth-order valence-corrected chi connectivity index (χ4v) is 2.11. The highest BCUT2D eigenvalue weighted by Crippen LogP contribution is 2.16. The summed E-state index contributed by atoms with van der Waals surface area (Å²) in [5.41, 5.74) is 1.10. The van der Waals surface area contributed by atoms with Gasteiger partial charge in [0.1, 0.15) is 18.5 Å². The summed E-state index contributed by atoms with van der Waals surface area (Å²) in [4.78, 5) is 4.08. The van der Waals surface area contributed by atoms with Crippen LogP contribution in [0.1, 0.15) is 18.5 Å². The van der Waals surface area contributed by atoms with Crippen LogP contribution in [-0.2, 0) is 0 Å². The number of aromatic nitrogens is 1. The molecule has 0 saturated carbocycles. The van der Waals surface area contributed by atoms with Crippen molar-refractivity contribution in [2.75, 3.05) is 13.2 Å². The molecule has 21 heavy (non-hydrogen) atoms. The lowest BCUT2D eigenvalue weighted by molar-refractivity contribution is 0.104. The quantitative estimate of drug-likeness (QED) is 0.805. The van der Waals surface area contributed by atoms with Crippen molar-refractivity contribution >= 4 is 15.9 Å². The third kappa shape index (κ3) is 5.46. The number of aliphatic hydroxyl groups excluding tert-OH is 1. The van der Waals surface area contributed by atoms with Gasteiger partial charge in [-0.25, -0.2) is 0 Å². The van der Waals surface area contributed by atoms with Gasteiger partial charge in [0.15, 0.2) is 0 Å². The second-order valence-corrected chi connectivity index (χ2v) is 5.75. The molecule has 0 bridgehead atoms. The molecular weight excluding hydrogens is 332 g/mol. The molecule has 1 aromatic heterocycles. The van der Waals surface area contributed by atoms with Gasteiger partial charge in [-0.1, -0.05) is 22.0 Å². The summed E-state index contributed by atoms with van der Waals surface area (Å²) in [5, 5.41) is 13.2. The first-order valence-corrected chi connectivity index (χ1v) is 7.64. The maximum Gasteiger partial charge on any atom is 0.119 e. The number of nitrogens with zero attached hydrogens (tertiary/aromatic N) is 1. The molecule has 0 radical (unpaired) electrons. The van der Waals surface area contributed by atoms with E-state index in [1.54, 1.807) is 6.20 Å². The Morgan fingerprint density at radius 2 is 2.05 bits per heavy atom. The van der Waals surface area contributed by atoms with Crippen molar-refractivity contribution in [1.82, 2.24) is 10.3 Å². The van der Waals surface area contributed by atoms with Crippen LogP contribution in [-0.4, -0.2) is 29.3 Å². The van der Waals surface area contributed by atoms with Crippen molar-refractivity contribution in [3.05, 3.63) is 58.8 Å². The van der Waals surface area contributed by atoms with Crippen molar-refractivity contribution in [2.45, 2.75) is 19.1 Å². The molecule has 1 unspecified atom stereocenters. The molecule has 2 aromatic rings. The largest absolute Gasteiger partial charge is 0.491 e. The summed E-state index contributed by atoms with van der Waals surface area (Å²) in [6.07, 6.45) is 3.01. The molecule has 0 aliphatic carbocycles. The lowest BCUT2D eigenvalue weighted by Crippen LogP contribution is -2.33. The third-order valence-electron chi connectivity index (χ3n) is 3.10. The number of ether oxygens (including phenoxy) is 1. The van der Waals surface area contributed by atoms with Gasteiger partial charge in [0.2, 0.25) is 0 Å². The van der Waals surface area contributed by atoms with Gasteiger partial charge in [0, 0.05) is 29.5 Å². The van der Waals surface area contributed by atoms with Crippen LogP contribution in [0.3, 0.4) is 0 Å². The number of pyridine rings is 1. The molecule has 0 saturated heterocycles. The molecule has 0 fully saturated rings. The minimum Gasteiger partial charge on any atom is -0.491 e. The van der Waals surface area contributed by atoms with Crippen molar-refractivity contribution in [3.63, 3.8) is 0 Å². The molecule has 1 aromatic carbocycles. The van der Waals surface area contributed by atoms with E-state index in [0.717, 1.165) is 15.8 Å². The van der Waals surface area contributed by atoms with Crippen molar-refractivity contribution in [1.29, 1.82) is 0 Å². The maximum atomic E-state index is 9.95. The zero-order valence-electron chi connectivity index (χ0n) is 11.9. The highest BCUT2D eigenvalue weighted by molar-refractivity contribution is 9.10. The molecular formula is C16H19BrN2O2. The summed E-state index contributed by atoms with van der Waals surface area (Å²) in [7, 11) is 0. The van der Waals surface area contributed by atoms with Crippen LogP contribution in [0, 0.1) is 0 Å². The van der Waals surface area contributed by atoms with Crippen molar-refractivity contribution in [2.24, 2.45) is 0 Å². The van der Waals surface area contributed by atoms with Gasteiger partial charge in [-0.2, -0.15) is 0 Å². The molecule has 0 spiro atoms. The first kappa shape index (κ1) is 15.9. The van der Waals surface area contributed by atoms with Crippen LogP contribution in [0.4, 0.5) is 0 Å². The highest BCUT2D eigenvalue weighted by atomic mass is 79.9. The van der Waals surface area contributed by atoms with Gasteiger partial charge >= 0.3 is 0 Å². The molecule has 2 N–H and O–H groups in total. The molecule has 1 heterocycles. The van der Waals surface area contributed by atoms with Crippen LogP contribution in [0.5, 0.6) is 5.75 Å². The van der Waals surface area contributed by atoms with E-state index in [1.807, 2.05) is 49.5 Å². The molecule has 112 valence electrons. The van der Waals surface area contributed by atoms with E-state index in [9.17, 15) is 5.11 Å². The Morgan fingerprint density at radius 3 is 2.71 bits per heavy atom. The molecule has 5 heteroatoms. The summed E-state index contributed by atoms with van der Waals surface area (Å²) in [5.74, 6) is 0.748. The predicted molar refractivity (Wildman–Crippen MR) is 86.3 cm³/mol. The Kier molecular flexibility index (Phi) is 6.17. The number of rotatable bonds is 7. The summed E-state index contributed by atoms with van der Waals surface area (Å²) in [6, 6.07) is 11.6. The lowest BCUT2D eigenvalue weighted by Gasteiger charge is -2.17. The Labute approximate surface area is 133 Å². The standard InChI is InChI=1S/C16H19BrN2O2/c1-12(13-3-2-8-18-9-13)19-10-15(20)11-21-16-6-4-14(17)5-7-16/h2-9,12,15,19-20H,10-11H2,1H3/t12-,15?/m1/s1. The average Bonchev–Trinajstić information content (AvgIpc) is 2.53. The van der Waals surface area contributed by atoms with Crippen molar-refractivity contribution in [3.8, 4) is 5.75 Å². The van der Waals surface area contributed by atoms with Gasteiger partial charge in [-0.15, -0.1) is 0 Å². The number of nitrogens with one attached hydrogen (secondary N) is 1. The molecule has 0 amide bonds. The Balaban J connectivity index is 1.72. The third-order valence-corrected chi connectivity index (χ3v) is 3.63. The zero-order chi connectivity index (χ0) is 15.1. The second kappa shape index (κ2) is 8.12. The van der Waals surface area contributed by atoms with E-state index in [4.69, 9.17) is 4.74 Å². The molecule has 4 nitrogen and oxygen atoms in total. The monoisotopic (exact) mass is 350 g/mol. The highest BCUT2D eigenvalue weighted by Gasteiger charge is 2.09. The summed E-state index contributed by atoms with van der Waals surface area (Å²) < 4.78 is 6.54. The van der Waals surface area contributed by atoms with Crippen molar-refractivity contribution < 1.29 is 9.84 Å². The zero-order valence-corrected chi connectivity index (χ0v) is 13.5. The normalized spacial score (nSPS) is 13.7. The van der Waals surface area contributed by atoms with Gasteiger partial charge in [-0.3, -0.25) is 4.98 Å². The number of hydrogen-bond donors (Lipinski definition) is 2. The first-order chi connectivity index (χ1) is 10.1. The van der Waals surface area contributed by atoms with Crippen LogP contribution < -0.4 is 10.1 Å². The van der Waals surface area contributed by atoms with E-state index < -0.39 is 6.10 Å². The minimum atomic E-state index is -0.562. The number of halogens is 1. The van der Waals surface area contributed by atoms with Gasteiger partial charge in [0.25, 0.3) is 0 Å². The topological polar surface area (TPSA) is 54.4 Å². The van der Waals surface area contributed by atoms with Crippen LogP contribution in [0.2, 0.25) is 0 Å². The van der Waals surface area contributed by atoms with Gasteiger partial charge in [-0.05, 0) is 42.8 Å². The molecule has 2 rings (SSSR count). The minimum absolute atomic E-state index is 0.140. The predicted octanol–water partition coefficient (Wildman–Crippen LogP) is 2.93. The van der Waals surface area contributed by atoms with Gasteiger partial charge < -0.3 is 15.2 Å². The average molecular weight is 351 g/mol. The fourth-order valence-electron chi connectivity index (χ4n) is 1.84. The van der Waals surface area contributed by atoms with E-state index in [-0.39, 0.29) is 12.6 Å². The van der Waals surface area contributed by atoms with E-state index >= 15 is 0 Å². The van der Waals surface area contributed by atoms with Gasteiger partial charge in [0.05, 0.1) is 0 Å². The van der Waals surface area contributed by atoms with Crippen LogP contribution in [0.25, 0.3) is 0 Å². The van der Waals surface area contributed by atoms with Crippen LogP contribution >= 0.6 is 15.9 Å². The number of hydrogen-bond acceptors (Lipinski definition) is 4. The molecule has 0 aliphatic heterocycles. The van der Waals surface area contributed by atoms with E-state index in [1.165, 1.54) is 0 Å². The lowest BCUT2D eigenvalue weighted by atomic mass is 10.1. The van der Waals surface area contributed by atoms with Crippen LogP contribution in [0.15, 0.2) is 53.3 Å². The summed E-state index contributed by atoms with van der Waals surface area (Å²) in [6.45, 7) is 2.76. The first-order valence-electron chi connectivity index (χ1n) is 6.85. The maximum absolute atomic E-state index is 9.95. The van der Waals surface area contributed by atoms with E-state index in [0.29, 0.717) is 6.54 Å². The Morgan fingerprint density at radius 1 is 1.29 bits per heavy atom. The number of benzene rings is 1. The second-order valence-electron chi connectivity index (χ2n) is 4.84. The van der Waals surface area contributed by atoms with E-state index in [2.05, 4.69) is 26.2 Å². The Bertz CT molecular complexity index is 534. The number of aliphatic hydroxyl groups is 1. The molecule has 0 aliphatic rings. The SMILES string of the molecule is C[C@@H](NCC(O)COc1ccc(Br)cc1)c1cccnc1. The summed E-state index contributed by atoms with van der Waals surface area (Å²) >= 11 is 3.37. The molecule has 2 atom stereocenters. The fraction of sp³-hybridized carbons (Fsp3) is 0.312. The smallest absolute Gasteiger partial charge is 0.119 e.